The van der Waals surface area contributed by atoms with Crippen LogP contribution in [-0.4, -0.2) is 9.78 Å². The Hall–Kier alpha value is -0.740. The summed E-state index contributed by atoms with van der Waals surface area (Å²) >= 11 is 23.4. The van der Waals surface area contributed by atoms with Gasteiger partial charge in [-0.05, 0) is 12.1 Å². The summed E-state index contributed by atoms with van der Waals surface area (Å²) in [5, 5.41) is 4.40. The molecule has 0 N–H and O–H groups in total. The van der Waals surface area contributed by atoms with Gasteiger partial charge in [0, 0.05) is 0 Å². The predicted octanol–water partition coefficient (Wildman–Crippen LogP) is 3.85. The fraction of sp³-hybridized carbons (Fsp3) is 0. The molecule has 2 aromatic rings. The zero-order valence-corrected chi connectivity index (χ0v) is 11.1. The van der Waals surface area contributed by atoms with Crippen molar-refractivity contribution < 1.29 is 0 Å². The van der Waals surface area contributed by atoms with Crippen LogP contribution < -0.4 is 5.56 Å². The number of rotatable bonds is 1. The summed E-state index contributed by atoms with van der Waals surface area (Å²) in [6.45, 7) is 0. The lowest BCUT2D eigenvalue weighted by Crippen LogP contribution is -2.22. The van der Waals surface area contributed by atoms with Crippen LogP contribution in [0.3, 0.4) is 0 Å². The van der Waals surface area contributed by atoms with Gasteiger partial charge in [-0.15, -0.1) is 0 Å². The van der Waals surface area contributed by atoms with Gasteiger partial charge in [-0.25, -0.2) is 0 Å². The van der Waals surface area contributed by atoms with Crippen molar-refractivity contribution in [2.45, 2.75) is 0 Å². The van der Waals surface area contributed by atoms with E-state index in [1.807, 2.05) is 0 Å². The van der Waals surface area contributed by atoms with Gasteiger partial charge in [0.05, 0.1) is 21.3 Å². The molecule has 0 bridgehead atoms. The van der Waals surface area contributed by atoms with Crippen LogP contribution in [0.15, 0.2) is 29.2 Å². The first kappa shape index (κ1) is 12.7. The highest BCUT2D eigenvalue weighted by Gasteiger charge is 2.14. The van der Waals surface area contributed by atoms with Crippen molar-refractivity contribution in [3.05, 3.63) is 54.8 Å². The number of nitrogens with zero attached hydrogens (tertiary/aromatic N) is 2. The smallest absolute Gasteiger partial charge is 0.266 e. The van der Waals surface area contributed by atoms with E-state index in [1.165, 1.54) is 6.20 Å². The largest absolute Gasteiger partial charge is 0.291 e. The van der Waals surface area contributed by atoms with E-state index in [0.29, 0.717) is 10.0 Å². The van der Waals surface area contributed by atoms with Gasteiger partial charge in [0.15, 0.2) is 0 Å². The van der Waals surface area contributed by atoms with Crippen molar-refractivity contribution in [1.29, 1.82) is 0 Å². The van der Waals surface area contributed by atoms with Crippen molar-refractivity contribution in [2.75, 3.05) is 0 Å². The van der Waals surface area contributed by atoms with Crippen LogP contribution in [0.1, 0.15) is 0 Å². The maximum Gasteiger partial charge on any atom is 0.291 e. The van der Waals surface area contributed by atoms with Crippen LogP contribution in [0.4, 0.5) is 0 Å². The minimum atomic E-state index is -0.575. The summed E-state index contributed by atoms with van der Waals surface area (Å²) in [5.74, 6) is 0. The van der Waals surface area contributed by atoms with E-state index in [9.17, 15) is 4.79 Å². The average Bonchev–Trinajstić information content (AvgIpc) is 2.29. The number of para-hydroxylation sites is 1. The molecule has 0 fully saturated rings. The van der Waals surface area contributed by atoms with E-state index in [0.717, 1.165) is 4.68 Å². The molecule has 17 heavy (non-hydrogen) atoms. The number of halogens is 4. The van der Waals surface area contributed by atoms with Gasteiger partial charge in [-0.3, -0.25) is 4.79 Å². The van der Waals surface area contributed by atoms with Gasteiger partial charge in [-0.2, -0.15) is 9.78 Å². The third-order valence-corrected chi connectivity index (χ3v) is 3.38. The fourth-order valence-electron chi connectivity index (χ4n) is 1.26. The molecule has 0 saturated heterocycles. The molecule has 1 aromatic carbocycles. The van der Waals surface area contributed by atoms with E-state index in [-0.39, 0.29) is 15.7 Å². The van der Waals surface area contributed by atoms with Crippen LogP contribution in [0.25, 0.3) is 5.69 Å². The molecule has 0 aliphatic heterocycles. The van der Waals surface area contributed by atoms with Crippen LogP contribution in [0.2, 0.25) is 20.1 Å². The number of benzene rings is 1. The Morgan fingerprint density at radius 1 is 1.00 bits per heavy atom. The predicted molar refractivity (Wildman–Crippen MR) is 69.9 cm³/mol. The van der Waals surface area contributed by atoms with E-state index in [2.05, 4.69) is 5.10 Å². The second-order valence-electron chi connectivity index (χ2n) is 3.09. The summed E-state index contributed by atoms with van der Waals surface area (Å²) in [6.07, 6.45) is 1.25. The van der Waals surface area contributed by atoms with Crippen molar-refractivity contribution >= 4 is 46.4 Å². The normalized spacial score (nSPS) is 10.6. The second-order valence-corrected chi connectivity index (χ2v) is 4.69. The zero-order chi connectivity index (χ0) is 12.6. The molecule has 88 valence electrons. The standard InChI is InChI=1S/C10H4Cl4N2O/c11-5-2-1-3-6(12)9(5)16-10(17)8(14)7(13)4-15-16/h1-4H. The van der Waals surface area contributed by atoms with Crippen molar-refractivity contribution in [3.63, 3.8) is 0 Å². The first-order valence-electron chi connectivity index (χ1n) is 4.40. The second kappa shape index (κ2) is 4.86. The topological polar surface area (TPSA) is 34.9 Å². The lowest BCUT2D eigenvalue weighted by molar-refractivity contribution is 0.808. The van der Waals surface area contributed by atoms with Gasteiger partial charge in [0.2, 0.25) is 0 Å². The van der Waals surface area contributed by atoms with Gasteiger partial charge in [0.1, 0.15) is 10.7 Å². The quantitative estimate of drug-likeness (QED) is 0.802. The molecule has 0 saturated carbocycles. The van der Waals surface area contributed by atoms with E-state index < -0.39 is 5.56 Å². The van der Waals surface area contributed by atoms with Crippen molar-refractivity contribution in [2.24, 2.45) is 0 Å². The van der Waals surface area contributed by atoms with Crippen molar-refractivity contribution in [1.82, 2.24) is 9.78 Å². The Morgan fingerprint density at radius 2 is 1.59 bits per heavy atom. The summed E-state index contributed by atoms with van der Waals surface area (Å²) in [4.78, 5) is 11.9. The first-order valence-corrected chi connectivity index (χ1v) is 5.91. The van der Waals surface area contributed by atoms with Gasteiger partial charge in [0.25, 0.3) is 5.56 Å². The molecule has 1 heterocycles. The Kier molecular flexibility index (Phi) is 3.64. The number of hydrogen-bond donors (Lipinski definition) is 0. The molecule has 0 radical (unpaired) electrons. The van der Waals surface area contributed by atoms with E-state index >= 15 is 0 Å². The molecule has 0 amide bonds. The first-order chi connectivity index (χ1) is 8.02. The van der Waals surface area contributed by atoms with Crippen LogP contribution in [0.5, 0.6) is 0 Å². The third kappa shape index (κ3) is 2.29. The summed E-state index contributed by atoms with van der Waals surface area (Å²) in [7, 11) is 0. The fourth-order valence-corrected chi connectivity index (χ4v) is 2.07. The molecular formula is C10H4Cl4N2O. The summed E-state index contributed by atoms with van der Waals surface area (Å²) in [5.41, 5.74) is -0.298. The lowest BCUT2D eigenvalue weighted by atomic mass is 10.3. The van der Waals surface area contributed by atoms with Gasteiger partial charge in [-0.1, -0.05) is 52.5 Å². The summed E-state index contributed by atoms with van der Waals surface area (Å²) < 4.78 is 1.01. The minimum absolute atomic E-state index is 0.0797. The van der Waals surface area contributed by atoms with E-state index in [4.69, 9.17) is 46.4 Å². The highest BCUT2D eigenvalue weighted by molar-refractivity contribution is 6.41. The molecule has 1 aromatic heterocycles. The molecule has 0 unspecified atom stereocenters. The Balaban J connectivity index is 2.79. The molecule has 2 rings (SSSR count). The molecule has 0 spiro atoms. The van der Waals surface area contributed by atoms with Gasteiger partial charge >= 0.3 is 0 Å². The lowest BCUT2D eigenvalue weighted by Gasteiger charge is -2.08. The van der Waals surface area contributed by atoms with Gasteiger partial charge < -0.3 is 0 Å². The molecule has 0 atom stereocenters. The molecular weight excluding hydrogens is 306 g/mol. The number of hydrogen-bond acceptors (Lipinski definition) is 2. The van der Waals surface area contributed by atoms with Crippen LogP contribution in [-0.2, 0) is 0 Å². The van der Waals surface area contributed by atoms with Crippen LogP contribution >= 0.6 is 46.4 Å². The maximum absolute atomic E-state index is 11.9. The highest BCUT2D eigenvalue weighted by atomic mass is 35.5. The average molecular weight is 310 g/mol. The molecule has 7 heteroatoms. The zero-order valence-electron chi connectivity index (χ0n) is 8.12. The third-order valence-electron chi connectivity index (χ3n) is 2.03. The molecule has 0 aliphatic rings. The van der Waals surface area contributed by atoms with Crippen LogP contribution in [0, 0.1) is 0 Å². The minimum Gasteiger partial charge on any atom is -0.266 e. The summed E-state index contributed by atoms with van der Waals surface area (Å²) in [6, 6.07) is 4.86. The Morgan fingerprint density at radius 3 is 2.18 bits per heavy atom. The number of aromatic nitrogens is 2. The highest BCUT2D eigenvalue weighted by Crippen LogP contribution is 2.27. The molecule has 3 nitrogen and oxygen atoms in total. The molecule has 0 aliphatic carbocycles. The maximum atomic E-state index is 11.9. The Bertz CT molecular complexity index is 618. The Labute approximate surface area is 116 Å². The van der Waals surface area contributed by atoms with Crippen molar-refractivity contribution in [3.8, 4) is 5.69 Å². The SMILES string of the molecule is O=c1c(Cl)c(Cl)cnn1-c1c(Cl)cccc1Cl. The van der Waals surface area contributed by atoms with E-state index in [1.54, 1.807) is 18.2 Å². The monoisotopic (exact) mass is 308 g/mol.